The largest absolute Gasteiger partial charge is 0.366 e. The van der Waals surface area contributed by atoms with E-state index in [1.54, 1.807) is 6.20 Å². The molecule has 0 spiro atoms. The van der Waals surface area contributed by atoms with Crippen LogP contribution in [0.3, 0.4) is 0 Å². The fraction of sp³-hybridized carbons (Fsp3) is 0.174. The van der Waals surface area contributed by atoms with Gasteiger partial charge >= 0.3 is 6.03 Å². The van der Waals surface area contributed by atoms with Crippen LogP contribution in [0, 0.1) is 0 Å². The van der Waals surface area contributed by atoms with E-state index < -0.39 is 0 Å². The Balaban J connectivity index is 1.29. The number of rotatable bonds is 2. The molecule has 6 nitrogen and oxygen atoms in total. The second kappa shape index (κ2) is 7.39. The molecular formula is C23H21N5O. The Morgan fingerprint density at radius 3 is 2.14 bits per heavy atom. The van der Waals surface area contributed by atoms with Crippen molar-refractivity contribution in [3.8, 4) is 0 Å². The van der Waals surface area contributed by atoms with E-state index in [0.717, 1.165) is 46.3 Å². The van der Waals surface area contributed by atoms with Crippen LogP contribution in [0.4, 0.5) is 16.2 Å². The predicted octanol–water partition coefficient (Wildman–Crippen LogP) is 4.14. The van der Waals surface area contributed by atoms with Gasteiger partial charge in [0, 0.05) is 49.3 Å². The molecule has 2 aromatic carbocycles. The van der Waals surface area contributed by atoms with Gasteiger partial charge in [-0.2, -0.15) is 0 Å². The number of carbonyl (C=O) groups excluding carboxylic acids is 1. The molecule has 4 aromatic rings. The maximum Gasteiger partial charge on any atom is 0.322 e. The quantitative estimate of drug-likeness (QED) is 0.565. The van der Waals surface area contributed by atoms with E-state index in [1.807, 2.05) is 47.5 Å². The number of pyridine rings is 2. The summed E-state index contributed by atoms with van der Waals surface area (Å²) in [6, 6.07) is 19.9. The molecule has 1 aliphatic rings. The minimum atomic E-state index is -0.0844. The fourth-order valence-electron chi connectivity index (χ4n) is 3.89. The molecule has 0 aliphatic carbocycles. The summed E-state index contributed by atoms with van der Waals surface area (Å²) >= 11 is 0. The lowest BCUT2D eigenvalue weighted by Gasteiger charge is -2.36. The third-order valence-corrected chi connectivity index (χ3v) is 5.39. The number of nitrogens with one attached hydrogen (secondary N) is 1. The van der Waals surface area contributed by atoms with Crippen molar-refractivity contribution in [3.05, 3.63) is 73.1 Å². The van der Waals surface area contributed by atoms with E-state index >= 15 is 0 Å². The van der Waals surface area contributed by atoms with Crippen molar-refractivity contribution >= 4 is 39.2 Å². The van der Waals surface area contributed by atoms with Crippen LogP contribution < -0.4 is 10.2 Å². The van der Waals surface area contributed by atoms with E-state index in [0.29, 0.717) is 13.1 Å². The second-order valence-corrected chi connectivity index (χ2v) is 7.14. The summed E-state index contributed by atoms with van der Waals surface area (Å²) in [6.07, 6.45) is 3.57. The van der Waals surface area contributed by atoms with Gasteiger partial charge in [0.1, 0.15) is 0 Å². The van der Waals surface area contributed by atoms with Gasteiger partial charge in [-0.3, -0.25) is 9.97 Å². The zero-order chi connectivity index (χ0) is 19.6. The second-order valence-electron chi connectivity index (χ2n) is 7.14. The number of aromatic nitrogens is 2. The summed E-state index contributed by atoms with van der Waals surface area (Å²) in [5, 5.41) is 5.18. The summed E-state index contributed by atoms with van der Waals surface area (Å²) in [6.45, 7) is 2.87. The van der Waals surface area contributed by atoms with E-state index in [1.165, 1.54) is 0 Å². The van der Waals surface area contributed by atoms with Gasteiger partial charge in [0.15, 0.2) is 0 Å². The molecule has 5 rings (SSSR count). The number of fused-ring (bicyclic) bond motifs is 2. The number of piperazine rings is 1. The van der Waals surface area contributed by atoms with Crippen molar-refractivity contribution in [2.24, 2.45) is 0 Å². The highest BCUT2D eigenvalue weighted by atomic mass is 16.2. The van der Waals surface area contributed by atoms with Crippen LogP contribution in [0.25, 0.3) is 21.8 Å². The molecule has 0 saturated carbocycles. The number of carbonyl (C=O) groups is 1. The van der Waals surface area contributed by atoms with Crippen LogP contribution in [0.2, 0.25) is 0 Å². The third-order valence-electron chi connectivity index (χ3n) is 5.39. The number of para-hydroxylation sites is 2. The normalized spacial score (nSPS) is 14.3. The smallest absolute Gasteiger partial charge is 0.322 e. The van der Waals surface area contributed by atoms with Crippen LogP contribution in [0.1, 0.15) is 0 Å². The van der Waals surface area contributed by atoms with Gasteiger partial charge in [0.2, 0.25) is 0 Å². The topological polar surface area (TPSA) is 61.4 Å². The Bertz CT molecular complexity index is 1170. The van der Waals surface area contributed by atoms with Crippen LogP contribution >= 0.6 is 0 Å². The summed E-state index contributed by atoms with van der Waals surface area (Å²) < 4.78 is 0. The first-order valence-corrected chi connectivity index (χ1v) is 9.78. The minimum absolute atomic E-state index is 0.0844. The Morgan fingerprint density at radius 1 is 0.759 bits per heavy atom. The van der Waals surface area contributed by atoms with Crippen molar-refractivity contribution in [3.63, 3.8) is 0 Å². The number of benzene rings is 2. The third kappa shape index (κ3) is 3.33. The van der Waals surface area contributed by atoms with Gasteiger partial charge in [0.05, 0.1) is 22.4 Å². The van der Waals surface area contributed by atoms with E-state index in [2.05, 4.69) is 44.5 Å². The number of anilines is 2. The van der Waals surface area contributed by atoms with Crippen LogP contribution in [-0.2, 0) is 0 Å². The van der Waals surface area contributed by atoms with E-state index in [9.17, 15) is 4.79 Å². The lowest BCUT2D eigenvalue weighted by molar-refractivity contribution is 0.208. The zero-order valence-electron chi connectivity index (χ0n) is 16.0. The van der Waals surface area contributed by atoms with Crippen LogP contribution in [0.5, 0.6) is 0 Å². The van der Waals surface area contributed by atoms with Crippen molar-refractivity contribution in [1.29, 1.82) is 0 Å². The highest BCUT2D eigenvalue weighted by Crippen LogP contribution is 2.26. The molecular weight excluding hydrogens is 362 g/mol. The minimum Gasteiger partial charge on any atom is -0.366 e. The van der Waals surface area contributed by atoms with Gasteiger partial charge in [-0.25, -0.2) is 4.79 Å². The molecule has 1 saturated heterocycles. The Labute approximate surface area is 168 Å². The lowest BCUT2D eigenvalue weighted by atomic mass is 10.1. The average Bonchev–Trinajstić information content (AvgIpc) is 2.79. The van der Waals surface area contributed by atoms with Crippen molar-refractivity contribution in [1.82, 2.24) is 14.9 Å². The molecule has 1 aliphatic heterocycles. The standard InChI is InChI=1S/C23H21N5O/c29-23(26-19-9-1-5-17-7-3-11-24-21(17)19)28-15-13-27(14-16-28)20-10-2-6-18-8-4-12-25-22(18)20/h1-12H,13-16H2,(H,26,29). The Hall–Kier alpha value is -3.67. The number of hydrogen-bond acceptors (Lipinski definition) is 4. The lowest BCUT2D eigenvalue weighted by Crippen LogP contribution is -2.50. The molecule has 0 bridgehead atoms. The van der Waals surface area contributed by atoms with Crippen molar-refractivity contribution in [2.75, 3.05) is 36.4 Å². The van der Waals surface area contributed by atoms with Gasteiger partial charge in [0.25, 0.3) is 0 Å². The van der Waals surface area contributed by atoms with Crippen LogP contribution in [0.15, 0.2) is 73.1 Å². The zero-order valence-corrected chi connectivity index (χ0v) is 16.0. The molecule has 2 aromatic heterocycles. The van der Waals surface area contributed by atoms with Gasteiger partial charge in [-0.05, 0) is 24.3 Å². The van der Waals surface area contributed by atoms with E-state index in [4.69, 9.17) is 0 Å². The van der Waals surface area contributed by atoms with Gasteiger partial charge in [-0.1, -0.05) is 36.4 Å². The van der Waals surface area contributed by atoms with Crippen LogP contribution in [-0.4, -0.2) is 47.1 Å². The van der Waals surface area contributed by atoms with E-state index in [-0.39, 0.29) is 6.03 Å². The maximum atomic E-state index is 12.8. The first-order valence-electron chi connectivity index (χ1n) is 9.78. The number of amides is 2. The molecule has 0 atom stereocenters. The molecule has 29 heavy (non-hydrogen) atoms. The molecule has 0 radical (unpaired) electrons. The van der Waals surface area contributed by atoms with Crippen molar-refractivity contribution < 1.29 is 4.79 Å². The summed E-state index contributed by atoms with van der Waals surface area (Å²) in [7, 11) is 0. The monoisotopic (exact) mass is 383 g/mol. The first-order chi connectivity index (χ1) is 14.3. The molecule has 2 amide bonds. The molecule has 1 fully saturated rings. The molecule has 1 N–H and O–H groups in total. The average molecular weight is 383 g/mol. The number of hydrogen-bond donors (Lipinski definition) is 1. The molecule has 0 unspecified atom stereocenters. The van der Waals surface area contributed by atoms with Gasteiger partial charge < -0.3 is 15.1 Å². The summed E-state index contributed by atoms with van der Waals surface area (Å²) in [4.78, 5) is 26.0. The molecule has 6 heteroatoms. The van der Waals surface area contributed by atoms with Crippen molar-refractivity contribution in [2.45, 2.75) is 0 Å². The Kier molecular flexibility index (Phi) is 4.44. The predicted molar refractivity (Wildman–Crippen MR) is 116 cm³/mol. The summed E-state index contributed by atoms with van der Waals surface area (Å²) in [5.74, 6) is 0. The Morgan fingerprint density at radius 2 is 1.38 bits per heavy atom. The molecule has 144 valence electrons. The highest BCUT2D eigenvalue weighted by molar-refractivity contribution is 5.99. The maximum absolute atomic E-state index is 12.8. The SMILES string of the molecule is O=C(Nc1cccc2cccnc12)N1CCN(c2cccc3cccnc23)CC1. The summed E-state index contributed by atoms with van der Waals surface area (Å²) in [5.41, 5.74) is 3.69. The number of urea groups is 1. The first kappa shape index (κ1) is 17.4. The fourth-order valence-corrected chi connectivity index (χ4v) is 3.89. The number of nitrogens with zero attached hydrogens (tertiary/aromatic N) is 4. The highest BCUT2D eigenvalue weighted by Gasteiger charge is 2.23. The molecule has 3 heterocycles. The van der Waals surface area contributed by atoms with Gasteiger partial charge in [-0.15, -0.1) is 0 Å².